The number of hydrogen-bond donors (Lipinski definition) is 1. The average molecular weight is 355 g/mol. The van der Waals surface area contributed by atoms with Crippen LogP contribution < -0.4 is 4.74 Å². The zero-order valence-electron chi connectivity index (χ0n) is 15.4. The number of carbonyl (C=O) groups excluding carboxylic acids is 2. The van der Waals surface area contributed by atoms with Crippen molar-refractivity contribution in [2.45, 2.75) is 25.9 Å². The highest BCUT2D eigenvalue weighted by Gasteiger charge is 2.17. The lowest BCUT2D eigenvalue weighted by molar-refractivity contribution is -0.131. The second kappa shape index (κ2) is 9.15. The van der Waals surface area contributed by atoms with E-state index in [9.17, 15) is 14.7 Å². The summed E-state index contributed by atoms with van der Waals surface area (Å²) in [4.78, 5) is 25.9. The molecular weight excluding hydrogens is 330 g/mol. The van der Waals surface area contributed by atoms with Crippen LogP contribution in [0.25, 0.3) is 0 Å². The van der Waals surface area contributed by atoms with Crippen molar-refractivity contribution in [3.05, 3.63) is 65.2 Å². The van der Waals surface area contributed by atoms with Crippen LogP contribution in [0.5, 0.6) is 5.75 Å². The Kier molecular flexibility index (Phi) is 6.92. The van der Waals surface area contributed by atoms with E-state index in [0.717, 1.165) is 5.56 Å². The number of aryl methyl sites for hydroxylation is 1. The first-order chi connectivity index (χ1) is 12.4. The van der Waals surface area contributed by atoms with Crippen molar-refractivity contribution in [1.82, 2.24) is 4.90 Å². The zero-order valence-corrected chi connectivity index (χ0v) is 15.4. The summed E-state index contributed by atoms with van der Waals surface area (Å²) in [7, 11) is 3.21. The lowest BCUT2D eigenvalue weighted by atomic mass is 10.0. The number of hydrogen-bond acceptors (Lipinski definition) is 4. The molecule has 138 valence electrons. The number of nitrogens with zero attached hydrogens (tertiary/aromatic N) is 1. The second-order valence-electron chi connectivity index (χ2n) is 6.35. The van der Waals surface area contributed by atoms with Gasteiger partial charge in [0, 0.05) is 25.5 Å². The minimum atomic E-state index is -0.789. The fraction of sp³-hybridized carbons (Fsp3) is 0.333. The Balaban J connectivity index is 1.84. The summed E-state index contributed by atoms with van der Waals surface area (Å²) in [6.45, 7) is 2.13. The van der Waals surface area contributed by atoms with Crippen molar-refractivity contribution in [2.75, 3.05) is 20.7 Å². The fourth-order valence-electron chi connectivity index (χ4n) is 2.59. The van der Waals surface area contributed by atoms with Gasteiger partial charge >= 0.3 is 0 Å². The molecule has 0 saturated heterocycles. The molecule has 5 nitrogen and oxygen atoms in total. The van der Waals surface area contributed by atoms with E-state index in [-0.39, 0.29) is 31.1 Å². The molecule has 26 heavy (non-hydrogen) atoms. The maximum Gasteiger partial charge on any atom is 0.222 e. The zero-order chi connectivity index (χ0) is 19.1. The van der Waals surface area contributed by atoms with Gasteiger partial charge in [0.05, 0.1) is 19.8 Å². The Labute approximate surface area is 154 Å². The molecule has 0 bridgehead atoms. The second-order valence-corrected chi connectivity index (χ2v) is 6.35. The van der Waals surface area contributed by atoms with Crippen LogP contribution >= 0.6 is 0 Å². The normalized spacial score (nSPS) is 11.7. The van der Waals surface area contributed by atoms with Gasteiger partial charge in [-0.3, -0.25) is 9.59 Å². The molecule has 1 unspecified atom stereocenters. The average Bonchev–Trinajstić information content (AvgIpc) is 2.66. The van der Waals surface area contributed by atoms with Gasteiger partial charge in [0.15, 0.2) is 5.78 Å². The summed E-state index contributed by atoms with van der Waals surface area (Å²) >= 11 is 0. The van der Waals surface area contributed by atoms with E-state index in [0.29, 0.717) is 16.9 Å². The monoisotopic (exact) mass is 355 g/mol. The van der Waals surface area contributed by atoms with Gasteiger partial charge in [0.1, 0.15) is 5.75 Å². The maximum absolute atomic E-state index is 12.2. The Bertz CT molecular complexity index is 738. The third kappa shape index (κ3) is 5.43. The molecule has 0 fully saturated rings. The predicted molar refractivity (Wildman–Crippen MR) is 100 cm³/mol. The molecule has 0 aromatic heterocycles. The quantitative estimate of drug-likeness (QED) is 0.739. The number of ketones is 1. The Morgan fingerprint density at radius 1 is 1.04 bits per heavy atom. The molecule has 0 saturated carbocycles. The number of aliphatic hydroxyl groups excluding tert-OH is 1. The van der Waals surface area contributed by atoms with Gasteiger partial charge in [0.2, 0.25) is 5.91 Å². The molecule has 2 aromatic rings. The van der Waals surface area contributed by atoms with Crippen molar-refractivity contribution < 1.29 is 19.4 Å². The van der Waals surface area contributed by atoms with E-state index in [1.54, 1.807) is 50.6 Å². The third-order valence-corrected chi connectivity index (χ3v) is 4.31. The number of benzene rings is 2. The van der Waals surface area contributed by atoms with Gasteiger partial charge in [-0.2, -0.15) is 0 Å². The van der Waals surface area contributed by atoms with Crippen LogP contribution in [0.1, 0.15) is 40.4 Å². The van der Waals surface area contributed by atoms with E-state index in [2.05, 4.69) is 0 Å². The number of ether oxygens (including phenoxy) is 1. The highest BCUT2D eigenvalue weighted by atomic mass is 16.5. The van der Waals surface area contributed by atoms with Crippen molar-refractivity contribution in [2.24, 2.45) is 0 Å². The molecule has 0 heterocycles. The molecule has 0 radical (unpaired) electrons. The molecule has 0 spiro atoms. The molecule has 1 N–H and O–H groups in total. The van der Waals surface area contributed by atoms with Crippen LogP contribution in [0.4, 0.5) is 0 Å². The number of aliphatic hydroxyl groups is 1. The minimum Gasteiger partial charge on any atom is -0.497 e. The number of carbonyl (C=O) groups is 2. The van der Waals surface area contributed by atoms with Gasteiger partial charge in [-0.1, -0.05) is 42.0 Å². The van der Waals surface area contributed by atoms with Gasteiger partial charge < -0.3 is 14.7 Å². The number of methoxy groups -OCH3 is 1. The van der Waals surface area contributed by atoms with E-state index < -0.39 is 6.10 Å². The molecule has 1 atom stereocenters. The minimum absolute atomic E-state index is 0.0533. The summed E-state index contributed by atoms with van der Waals surface area (Å²) in [5, 5.41) is 10.3. The summed E-state index contributed by atoms with van der Waals surface area (Å²) in [5.74, 6) is 0.487. The van der Waals surface area contributed by atoms with E-state index in [4.69, 9.17) is 4.74 Å². The molecular formula is C21H25NO4. The summed E-state index contributed by atoms with van der Waals surface area (Å²) in [6, 6.07) is 14.4. The van der Waals surface area contributed by atoms with Crippen LogP contribution in [0.15, 0.2) is 48.5 Å². The molecule has 0 aliphatic heterocycles. The highest BCUT2D eigenvalue weighted by molar-refractivity contribution is 5.97. The van der Waals surface area contributed by atoms with Crippen LogP contribution in [0.2, 0.25) is 0 Å². The van der Waals surface area contributed by atoms with Gasteiger partial charge in [-0.25, -0.2) is 0 Å². The first-order valence-corrected chi connectivity index (χ1v) is 8.56. The molecule has 2 aromatic carbocycles. The maximum atomic E-state index is 12.2. The third-order valence-electron chi connectivity index (χ3n) is 4.31. The smallest absolute Gasteiger partial charge is 0.222 e. The molecule has 2 rings (SSSR count). The van der Waals surface area contributed by atoms with Crippen LogP contribution in [0.3, 0.4) is 0 Å². The lowest BCUT2D eigenvalue weighted by Crippen LogP contribution is -2.31. The standard InChI is InChI=1S/C21H25NO4/c1-15-4-6-16(7-5-15)19(23)12-13-21(25)22(2)14-20(24)17-8-10-18(26-3)11-9-17/h4-11,20,24H,12-14H2,1-3H3. The van der Waals surface area contributed by atoms with E-state index in [1.165, 1.54) is 4.90 Å². The molecule has 5 heteroatoms. The topological polar surface area (TPSA) is 66.8 Å². The lowest BCUT2D eigenvalue weighted by Gasteiger charge is -2.21. The number of Topliss-reactive ketones (excluding diaryl/α,β-unsaturated/α-hetero) is 1. The largest absolute Gasteiger partial charge is 0.497 e. The van der Waals surface area contributed by atoms with E-state index in [1.807, 2.05) is 19.1 Å². The number of rotatable bonds is 8. The summed E-state index contributed by atoms with van der Waals surface area (Å²) in [5.41, 5.74) is 2.41. The summed E-state index contributed by atoms with van der Waals surface area (Å²) < 4.78 is 5.09. The van der Waals surface area contributed by atoms with Gasteiger partial charge in [-0.15, -0.1) is 0 Å². The fourth-order valence-corrected chi connectivity index (χ4v) is 2.59. The Hall–Kier alpha value is -2.66. The van der Waals surface area contributed by atoms with Crippen molar-refractivity contribution in [1.29, 1.82) is 0 Å². The van der Waals surface area contributed by atoms with Crippen LogP contribution in [-0.4, -0.2) is 42.4 Å². The Morgan fingerprint density at radius 3 is 2.23 bits per heavy atom. The van der Waals surface area contributed by atoms with Gasteiger partial charge in [0.25, 0.3) is 0 Å². The van der Waals surface area contributed by atoms with E-state index >= 15 is 0 Å². The van der Waals surface area contributed by atoms with Crippen LogP contribution in [0, 0.1) is 6.92 Å². The first kappa shape index (κ1) is 19.7. The molecule has 1 amide bonds. The number of amides is 1. The number of likely N-dealkylation sites (N-methyl/N-ethyl adjacent to an activating group) is 1. The van der Waals surface area contributed by atoms with Gasteiger partial charge in [-0.05, 0) is 24.6 Å². The molecule has 0 aliphatic carbocycles. The SMILES string of the molecule is COc1ccc(C(O)CN(C)C(=O)CCC(=O)c2ccc(C)cc2)cc1. The Morgan fingerprint density at radius 2 is 1.65 bits per heavy atom. The van der Waals surface area contributed by atoms with Crippen molar-refractivity contribution in [3.8, 4) is 5.75 Å². The first-order valence-electron chi connectivity index (χ1n) is 8.56. The van der Waals surface area contributed by atoms with Crippen molar-refractivity contribution >= 4 is 11.7 Å². The molecule has 0 aliphatic rings. The van der Waals surface area contributed by atoms with Crippen molar-refractivity contribution in [3.63, 3.8) is 0 Å². The van der Waals surface area contributed by atoms with Crippen LogP contribution in [-0.2, 0) is 4.79 Å². The predicted octanol–water partition coefficient (Wildman–Crippen LogP) is 3.16. The highest BCUT2D eigenvalue weighted by Crippen LogP contribution is 2.18. The summed E-state index contributed by atoms with van der Waals surface area (Å²) in [6.07, 6.45) is -0.508.